The first-order valence-electron chi connectivity index (χ1n) is 5.83. The molecule has 0 aromatic carbocycles. The molecule has 3 nitrogen and oxygen atoms in total. The van der Waals surface area contributed by atoms with Gasteiger partial charge in [-0.25, -0.2) is 0 Å². The van der Waals surface area contributed by atoms with E-state index in [1.54, 1.807) is 0 Å². The molecule has 0 radical (unpaired) electrons. The molecule has 1 atom stereocenters. The van der Waals surface area contributed by atoms with Gasteiger partial charge in [0.25, 0.3) is 0 Å². The van der Waals surface area contributed by atoms with Crippen LogP contribution in [-0.2, 0) is 17.7 Å². The van der Waals surface area contributed by atoms with Crippen molar-refractivity contribution in [2.45, 2.75) is 26.0 Å². The largest absolute Gasteiger partial charge is 0.389 e. The highest BCUT2D eigenvalue weighted by molar-refractivity contribution is 7.10. The van der Waals surface area contributed by atoms with E-state index in [0.717, 1.165) is 26.1 Å². The molecule has 1 aromatic heterocycles. The van der Waals surface area contributed by atoms with E-state index in [2.05, 4.69) is 16.3 Å². The Hall–Kier alpha value is -0.420. The van der Waals surface area contributed by atoms with Crippen LogP contribution in [0.3, 0.4) is 0 Å². The predicted molar refractivity (Wildman–Crippen MR) is 65.8 cm³/mol. The summed E-state index contributed by atoms with van der Waals surface area (Å²) in [5.74, 6) is 0. The van der Waals surface area contributed by atoms with Crippen molar-refractivity contribution in [3.05, 3.63) is 21.9 Å². The summed E-state index contributed by atoms with van der Waals surface area (Å²) in [4.78, 5) is 3.81. The van der Waals surface area contributed by atoms with Gasteiger partial charge in [-0.3, -0.25) is 4.90 Å². The number of thiophene rings is 1. The number of aliphatic hydroxyl groups excluding tert-OH is 1. The molecule has 0 aliphatic carbocycles. The van der Waals surface area contributed by atoms with Gasteiger partial charge in [0.15, 0.2) is 0 Å². The molecule has 1 N–H and O–H groups in total. The highest BCUT2D eigenvalue weighted by Gasteiger charge is 2.19. The molecule has 4 heteroatoms. The number of fused-ring (bicyclic) bond motifs is 1. The standard InChI is InChI=1S/C12H19NO2S/c1-2-15-9-11(14)8-13-5-3-12-10(7-13)4-6-16-12/h4,6,11,14H,2-3,5,7-9H2,1H3. The van der Waals surface area contributed by atoms with E-state index in [1.807, 2.05) is 18.3 Å². The summed E-state index contributed by atoms with van der Waals surface area (Å²) in [5, 5.41) is 11.9. The van der Waals surface area contributed by atoms with Crippen LogP contribution in [0.15, 0.2) is 11.4 Å². The summed E-state index contributed by atoms with van der Waals surface area (Å²) in [6.07, 6.45) is 0.758. The van der Waals surface area contributed by atoms with E-state index in [-0.39, 0.29) is 6.10 Å². The minimum absolute atomic E-state index is 0.361. The Morgan fingerprint density at radius 1 is 1.62 bits per heavy atom. The van der Waals surface area contributed by atoms with E-state index in [4.69, 9.17) is 4.74 Å². The van der Waals surface area contributed by atoms with Crippen molar-refractivity contribution in [1.82, 2.24) is 4.90 Å². The Morgan fingerprint density at radius 2 is 2.50 bits per heavy atom. The van der Waals surface area contributed by atoms with E-state index in [0.29, 0.717) is 13.2 Å². The zero-order valence-electron chi connectivity index (χ0n) is 9.69. The molecule has 1 aliphatic heterocycles. The third-order valence-electron chi connectivity index (χ3n) is 2.87. The Balaban J connectivity index is 1.80. The topological polar surface area (TPSA) is 32.7 Å². The maximum atomic E-state index is 9.77. The molecule has 0 amide bonds. The lowest BCUT2D eigenvalue weighted by Crippen LogP contribution is -2.37. The number of rotatable bonds is 5. The minimum Gasteiger partial charge on any atom is -0.389 e. The van der Waals surface area contributed by atoms with Crippen molar-refractivity contribution in [2.24, 2.45) is 0 Å². The molecule has 0 spiro atoms. The lowest BCUT2D eigenvalue weighted by atomic mass is 10.1. The number of nitrogens with zero attached hydrogens (tertiary/aromatic N) is 1. The van der Waals surface area contributed by atoms with E-state index in [1.165, 1.54) is 10.4 Å². The monoisotopic (exact) mass is 241 g/mol. The maximum absolute atomic E-state index is 9.77. The molecule has 16 heavy (non-hydrogen) atoms. The Morgan fingerprint density at radius 3 is 3.31 bits per heavy atom. The van der Waals surface area contributed by atoms with Crippen LogP contribution >= 0.6 is 11.3 Å². The summed E-state index contributed by atoms with van der Waals surface area (Å²) in [6.45, 7) is 5.81. The zero-order chi connectivity index (χ0) is 11.4. The zero-order valence-corrected chi connectivity index (χ0v) is 10.5. The maximum Gasteiger partial charge on any atom is 0.0900 e. The lowest BCUT2D eigenvalue weighted by Gasteiger charge is -2.28. The third kappa shape index (κ3) is 3.04. The first-order chi connectivity index (χ1) is 7.79. The molecule has 1 aliphatic rings. The van der Waals surface area contributed by atoms with Crippen molar-refractivity contribution >= 4 is 11.3 Å². The molecule has 0 bridgehead atoms. The van der Waals surface area contributed by atoms with Crippen LogP contribution in [0.1, 0.15) is 17.4 Å². The second-order valence-electron chi connectivity index (χ2n) is 4.17. The first-order valence-corrected chi connectivity index (χ1v) is 6.71. The van der Waals surface area contributed by atoms with Gasteiger partial charge >= 0.3 is 0 Å². The third-order valence-corrected chi connectivity index (χ3v) is 3.89. The highest BCUT2D eigenvalue weighted by Crippen LogP contribution is 2.23. The molecule has 2 heterocycles. The van der Waals surface area contributed by atoms with Gasteiger partial charge in [-0.2, -0.15) is 0 Å². The van der Waals surface area contributed by atoms with E-state index in [9.17, 15) is 5.11 Å². The molecule has 0 fully saturated rings. The average Bonchev–Trinajstić information content (AvgIpc) is 2.73. The van der Waals surface area contributed by atoms with Crippen LogP contribution in [0.4, 0.5) is 0 Å². The van der Waals surface area contributed by atoms with Gasteiger partial charge in [0.1, 0.15) is 0 Å². The van der Waals surface area contributed by atoms with Crippen LogP contribution in [-0.4, -0.2) is 42.4 Å². The molecule has 0 saturated carbocycles. The molecular formula is C12H19NO2S. The Kier molecular flexibility index (Phi) is 4.35. The van der Waals surface area contributed by atoms with Crippen molar-refractivity contribution < 1.29 is 9.84 Å². The number of aliphatic hydroxyl groups is 1. The van der Waals surface area contributed by atoms with E-state index < -0.39 is 0 Å². The summed E-state index contributed by atoms with van der Waals surface area (Å²) in [5.41, 5.74) is 1.43. The Bertz CT molecular complexity index is 327. The van der Waals surface area contributed by atoms with Crippen LogP contribution < -0.4 is 0 Å². The fourth-order valence-corrected chi connectivity index (χ4v) is 2.96. The van der Waals surface area contributed by atoms with Gasteiger partial charge in [-0.15, -0.1) is 11.3 Å². The van der Waals surface area contributed by atoms with Gasteiger partial charge in [0.2, 0.25) is 0 Å². The Labute approximate surface area is 101 Å². The summed E-state index contributed by atoms with van der Waals surface area (Å²) in [6, 6.07) is 2.20. The predicted octanol–water partition coefficient (Wildman–Crippen LogP) is 1.50. The van der Waals surface area contributed by atoms with Crippen molar-refractivity contribution in [3.8, 4) is 0 Å². The summed E-state index contributed by atoms with van der Waals surface area (Å²) in [7, 11) is 0. The quantitative estimate of drug-likeness (QED) is 0.848. The summed E-state index contributed by atoms with van der Waals surface area (Å²) < 4.78 is 5.22. The highest BCUT2D eigenvalue weighted by atomic mass is 32.1. The van der Waals surface area contributed by atoms with Crippen molar-refractivity contribution in [3.63, 3.8) is 0 Å². The fraction of sp³-hybridized carbons (Fsp3) is 0.667. The van der Waals surface area contributed by atoms with Gasteiger partial charge in [-0.1, -0.05) is 0 Å². The van der Waals surface area contributed by atoms with Gasteiger partial charge in [-0.05, 0) is 30.4 Å². The number of hydrogen-bond acceptors (Lipinski definition) is 4. The molecular weight excluding hydrogens is 222 g/mol. The van der Waals surface area contributed by atoms with Gasteiger partial charge in [0, 0.05) is 31.1 Å². The van der Waals surface area contributed by atoms with Crippen molar-refractivity contribution in [2.75, 3.05) is 26.3 Å². The smallest absolute Gasteiger partial charge is 0.0900 e. The first kappa shape index (κ1) is 12.0. The van der Waals surface area contributed by atoms with Crippen LogP contribution in [0.5, 0.6) is 0 Å². The SMILES string of the molecule is CCOCC(O)CN1CCc2sccc2C1. The summed E-state index contributed by atoms with van der Waals surface area (Å²) >= 11 is 1.85. The second-order valence-corrected chi connectivity index (χ2v) is 5.17. The van der Waals surface area contributed by atoms with E-state index >= 15 is 0 Å². The van der Waals surface area contributed by atoms with Crippen molar-refractivity contribution in [1.29, 1.82) is 0 Å². The number of hydrogen-bond donors (Lipinski definition) is 1. The van der Waals surface area contributed by atoms with Crippen LogP contribution in [0.25, 0.3) is 0 Å². The van der Waals surface area contributed by atoms with Crippen LogP contribution in [0.2, 0.25) is 0 Å². The minimum atomic E-state index is -0.361. The normalized spacial score (nSPS) is 18.4. The average molecular weight is 241 g/mol. The van der Waals surface area contributed by atoms with Gasteiger partial charge in [0.05, 0.1) is 12.7 Å². The molecule has 90 valence electrons. The van der Waals surface area contributed by atoms with Gasteiger partial charge < -0.3 is 9.84 Å². The molecule has 2 rings (SSSR count). The lowest BCUT2D eigenvalue weighted by molar-refractivity contribution is 0.0188. The molecule has 1 aromatic rings. The number of ether oxygens (including phenoxy) is 1. The number of β-amino-alcohol motifs (C(OH)–C–C–N with tert-alkyl or cyclic N) is 1. The molecule has 1 unspecified atom stereocenters. The fourth-order valence-electron chi connectivity index (χ4n) is 2.07. The second kappa shape index (κ2) is 5.77. The van der Waals surface area contributed by atoms with Crippen LogP contribution in [0, 0.1) is 0 Å². The molecule has 0 saturated heterocycles.